The van der Waals surface area contributed by atoms with Gasteiger partial charge in [0.1, 0.15) is 0 Å². The summed E-state index contributed by atoms with van der Waals surface area (Å²) in [6, 6.07) is 6.88. The van der Waals surface area contributed by atoms with Gasteiger partial charge in [0.15, 0.2) is 0 Å². The van der Waals surface area contributed by atoms with Gasteiger partial charge in [-0.2, -0.15) is 5.10 Å². The van der Waals surface area contributed by atoms with Crippen LogP contribution in [-0.4, -0.2) is 21.2 Å². The summed E-state index contributed by atoms with van der Waals surface area (Å²) < 4.78 is 1.79. The molecule has 1 aromatic carbocycles. The molecule has 0 amide bonds. The lowest BCUT2D eigenvalue weighted by Gasteiger charge is -2.08. The Balaban J connectivity index is 2.10. The van der Waals surface area contributed by atoms with Crippen molar-refractivity contribution >= 4 is 5.69 Å². The second kappa shape index (κ2) is 6.29. The Kier molecular flexibility index (Phi) is 4.47. The van der Waals surface area contributed by atoms with Crippen LogP contribution < -0.4 is 5.32 Å². The topological polar surface area (TPSA) is 73.0 Å². The predicted molar refractivity (Wildman–Crippen MR) is 76.5 cm³/mol. The zero-order chi connectivity index (χ0) is 14.5. The molecule has 0 aliphatic carbocycles. The van der Waals surface area contributed by atoms with Gasteiger partial charge in [-0.3, -0.25) is 14.8 Å². The summed E-state index contributed by atoms with van der Waals surface area (Å²) in [5.41, 5.74) is 2.08. The number of rotatable bonds is 6. The molecule has 1 heterocycles. The predicted octanol–water partition coefficient (Wildman–Crippen LogP) is 2.51. The fraction of sp³-hybridized carbons (Fsp3) is 0.357. The molecule has 20 heavy (non-hydrogen) atoms. The van der Waals surface area contributed by atoms with Gasteiger partial charge in [0, 0.05) is 29.9 Å². The van der Waals surface area contributed by atoms with Gasteiger partial charge < -0.3 is 5.32 Å². The molecule has 6 heteroatoms. The monoisotopic (exact) mass is 274 g/mol. The van der Waals surface area contributed by atoms with Crippen LogP contribution in [0, 0.1) is 10.1 Å². The zero-order valence-electron chi connectivity index (χ0n) is 11.6. The highest BCUT2D eigenvalue weighted by Gasteiger charge is 2.09. The highest BCUT2D eigenvalue weighted by molar-refractivity contribution is 5.34. The third kappa shape index (κ3) is 3.42. The standard InChI is InChI=1S/C14H18N4O2/c1-3-15-11(2)13-8-16-17(10-13)9-12-5-4-6-14(7-12)18(19)20/h4-8,10-11,15H,3,9H2,1-2H3. The van der Waals surface area contributed by atoms with Crippen LogP contribution in [0.3, 0.4) is 0 Å². The number of aromatic nitrogens is 2. The Morgan fingerprint density at radius 2 is 2.30 bits per heavy atom. The molecule has 0 radical (unpaired) electrons. The molecule has 1 aromatic heterocycles. The first-order chi connectivity index (χ1) is 9.60. The largest absolute Gasteiger partial charge is 0.310 e. The second-order valence-electron chi connectivity index (χ2n) is 4.68. The van der Waals surface area contributed by atoms with Crippen LogP contribution in [0.2, 0.25) is 0 Å². The first-order valence-corrected chi connectivity index (χ1v) is 6.59. The Morgan fingerprint density at radius 1 is 1.50 bits per heavy atom. The minimum Gasteiger partial charge on any atom is -0.310 e. The fourth-order valence-electron chi connectivity index (χ4n) is 2.07. The molecule has 0 aliphatic heterocycles. The van der Waals surface area contributed by atoms with E-state index in [2.05, 4.69) is 24.3 Å². The molecule has 0 fully saturated rings. The van der Waals surface area contributed by atoms with Gasteiger partial charge in [0.2, 0.25) is 0 Å². The van der Waals surface area contributed by atoms with Crippen molar-refractivity contribution in [3.05, 3.63) is 57.9 Å². The van der Waals surface area contributed by atoms with E-state index < -0.39 is 0 Å². The van der Waals surface area contributed by atoms with Crippen molar-refractivity contribution in [3.63, 3.8) is 0 Å². The van der Waals surface area contributed by atoms with Crippen LogP contribution in [0.4, 0.5) is 5.69 Å². The van der Waals surface area contributed by atoms with E-state index in [4.69, 9.17) is 0 Å². The van der Waals surface area contributed by atoms with Crippen molar-refractivity contribution in [2.24, 2.45) is 0 Å². The molecule has 106 valence electrons. The van der Waals surface area contributed by atoms with Crippen molar-refractivity contribution in [3.8, 4) is 0 Å². The molecule has 6 nitrogen and oxygen atoms in total. The SMILES string of the molecule is CCNC(C)c1cnn(Cc2cccc([N+](=O)[O-])c2)c1. The molecular weight excluding hydrogens is 256 g/mol. The summed E-state index contributed by atoms with van der Waals surface area (Å²) in [7, 11) is 0. The lowest BCUT2D eigenvalue weighted by molar-refractivity contribution is -0.384. The average molecular weight is 274 g/mol. The normalized spacial score (nSPS) is 12.3. The van der Waals surface area contributed by atoms with Crippen molar-refractivity contribution in [2.45, 2.75) is 26.4 Å². The van der Waals surface area contributed by atoms with E-state index in [1.807, 2.05) is 18.5 Å². The van der Waals surface area contributed by atoms with Gasteiger partial charge >= 0.3 is 0 Å². The van der Waals surface area contributed by atoms with Gasteiger partial charge in [0.05, 0.1) is 17.7 Å². The smallest absolute Gasteiger partial charge is 0.269 e. The Labute approximate surface area is 117 Å². The highest BCUT2D eigenvalue weighted by atomic mass is 16.6. The first-order valence-electron chi connectivity index (χ1n) is 6.59. The minimum atomic E-state index is -0.384. The van der Waals surface area contributed by atoms with Crippen LogP contribution >= 0.6 is 0 Å². The van der Waals surface area contributed by atoms with Gasteiger partial charge in [-0.05, 0) is 19.0 Å². The maximum absolute atomic E-state index is 10.7. The number of non-ortho nitro benzene ring substituents is 1. The number of nitro benzene ring substituents is 1. The van der Waals surface area contributed by atoms with E-state index in [0.29, 0.717) is 6.54 Å². The summed E-state index contributed by atoms with van der Waals surface area (Å²) in [5.74, 6) is 0. The third-order valence-corrected chi connectivity index (χ3v) is 3.13. The van der Waals surface area contributed by atoms with Crippen LogP contribution in [0.1, 0.15) is 31.0 Å². The molecular formula is C14H18N4O2. The fourth-order valence-corrected chi connectivity index (χ4v) is 2.07. The third-order valence-electron chi connectivity index (χ3n) is 3.13. The number of benzene rings is 1. The molecule has 0 aliphatic rings. The minimum absolute atomic E-state index is 0.107. The molecule has 1 unspecified atom stereocenters. The van der Waals surface area contributed by atoms with E-state index in [-0.39, 0.29) is 16.7 Å². The number of nitrogens with zero attached hydrogens (tertiary/aromatic N) is 3. The Hall–Kier alpha value is -2.21. The summed E-state index contributed by atoms with van der Waals surface area (Å²) in [4.78, 5) is 10.4. The van der Waals surface area contributed by atoms with Gasteiger partial charge in [-0.1, -0.05) is 19.1 Å². The van der Waals surface area contributed by atoms with Crippen LogP contribution in [0.5, 0.6) is 0 Å². The second-order valence-corrected chi connectivity index (χ2v) is 4.68. The Bertz CT molecular complexity index is 594. The number of nitrogens with one attached hydrogen (secondary N) is 1. The van der Waals surface area contributed by atoms with E-state index in [1.54, 1.807) is 16.8 Å². The molecule has 0 bridgehead atoms. The van der Waals surface area contributed by atoms with E-state index in [0.717, 1.165) is 17.7 Å². The van der Waals surface area contributed by atoms with Crippen LogP contribution in [0.25, 0.3) is 0 Å². The number of hydrogen-bond donors (Lipinski definition) is 1. The molecule has 2 rings (SSSR count). The molecule has 0 saturated heterocycles. The van der Waals surface area contributed by atoms with Gasteiger partial charge in [-0.15, -0.1) is 0 Å². The Morgan fingerprint density at radius 3 is 3.00 bits per heavy atom. The van der Waals surface area contributed by atoms with Gasteiger partial charge in [0.25, 0.3) is 5.69 Å². The van der Waals surface area contributed by atoms with Crippen molar-refractivity contribution < 1.29 is 4.92 Å². The summed E-state index contributed by atoms with van der Waals surface area (Å²) in [6.07, 6.45) is 3.79. The molecule has 1 N–H and O–H groups in total. The van der Waals surface area contributed by atoms with Crippen LogP contribution in [0.15, 0.2) is 36.7 Å². The summed E-state index contributed by atoms with van der Waals surface area (Å²) in [5, 5.41) is 18.4. The summed E-state index contributed by atoms with van der Waals surface area (Å²) in [6.45, 7) is 5.57. The summed E-state index contributed by atoms with van der Waals surface area (Å²) >= 11 is 0. The average Bonchev–Trinajstić information content (AvgIpc) is 2.88. The lowest BCUT2D eigenvalue weighted by atomic mass is 10.2. The number of hydrogen-bond acceptors (Lipinski definition) is 4. The van der Waals surface area contributed by atoms with E-state index >= 15 is 0 Å². The quantitative estimate of drug-likeness (QED) is 0.649. The van der Waals surface area contributed by atoms with Crippen LogP contribution in [-0.2, 0) is 6.54 Å². The highest BCUT2D eigenvalue weighted by Crippen LogP contribution is 2.15. The molecule has 0 saturated carbocycles. The zero-order valence-corrected chi connectivity index (χ0v) is 11.6. The van der Waals surface area contributed by atoms with Gasteiger partial charge in [-0.25, -0.2) is 0 Å². The van der Waals surface area contributed by atoms with E-state index in [1.165, 1.54) is 6.07 Å². The first kappa shape index (κ1) is 14.2. The lowest BCUT2D eigenvalue weighted by Crippen LogP contribution is -2.17. The molecule has 1 atom stereocenters. The van der Waals surface area contributed by atoms with Crippen molar-refractivity contribution in [1.82, 2.24) is 15.1 Å². The maximum Gasteiger partial charge on any atom is 0.269 e. The molecule has 0 spiro atoms. The number of nitro groups is 1. The van der Waals surface area contributed by atoms with E-state index in [9.17, 15) is 10.1 Å². The van der Waals surface area contributed by atoms with Crippen molar-refractivity contribution in [2.75, 3.05) is 6.54 Å². The van der Waals surface area contributed by atoms with Crippen molar-refractivity contribution in [1.29, 1.82) is 0 Å². The molecule has 2 aromatic rings. The maximum atomic E-state index is 10.7.